The zero-order chi connectivity index (χ0) is 16.1. The van der Waals surface area contributed by atoms with Gasteiger partial charge in [0.2, 0.25) is 0 Å². The van der Waals surface area contributed by atoms with Gasteiger partial charge in [-0.2, -0.15) is 0 Å². The lowest BCUT2D eigenvalue weighted by molar-refractivity contribution is 0.0917. The Balaban J connectivity index is 2.00. The number of amides is 1. The highest BCUT2D eigenvalue weighted by Crippen LogP contribution is 2.24. The maximum absolute atomic E-state index is 12.3. The van der Waals surface area contributed by atoms with Crippen LogP contribution in [0.25, 0.3) is 0 Å². The van der Waals surface area contributed by atoms with Gasteiger partial charge in [0.25, 0.3) is 5.91 Å². The highest BCUT2D eigenvalue weighted by molar-refractivity contribution is 6.39. The van der Waals surface area contributed by atoms with E-state index in [4.69, 9.17) is 23.2 Å². The summed E-state index contributed by atoms with van der Waals surface area (Å²) in [5.41, 5.74) is 1.08. The van der Waals surface area contributed by atoms with Gasteiger partial charge in [0, 0.05) is 6.04 Å². The average Bonchev–Trinajstić information content (AvgIpc) is 2.47. The first-order chi connectivity index (χ1) is 10.5. The Morgan fingerprint density at radius 3 is 2.27 bits per heavy atom. The lowest BCUT2D eigenvalue weighted by Crippen LogP contribution is -2.34. The first-order valence-corrected chi connectivity index (χ1v) is 7.72. The van der Waals surface area contributed by atoms with Crippen molar-refractivity contribution in [3.05, 3.63) is 69.7 Å². The van der Waals surface area contributed by atoms with Crippen molar-refractivity contribution in [1.82, 2.24) is 5.32 Å². The van der Waals surface area contributed by atoms with E-state index >= 15 is 0 Å². The summed E-state index contributed by atoms with van der Waals surface area (Å²) in [5.74, 6) is -0.344. The van der Waals surface area contributed by atoms with Crippen LogP contribution in [-0.2, 0) is 0 Å². The molecule has 2 rings (SSSR count). The molecular formula is C17H17Cl2NO2. The van der Waals surface area contributed by atoms with E-state index in [1.54, 1.807) is 18.2 Å². The van der Waals surface area contributed by atoms with Gasteiger partial charge in [0.15, 0.2) is 0 Å². The van der Waals surface area contributed by atoms with Crippen LogP contribution in [0.4, 0.5) is 0 Å². The molecule has 1 amide bonds. The standard InChI is InChI=1S/C17H17Cl2NO2/c1-11(10-15(21)12-6-3-2-4-7-12)20-17(22)16-13(18)8-5-9-14(16)19/h2-9,11,15,21H,10H2,1H3,(H,20,22). The van der Waals surface area contributed by atoms with Gasteiger partial charge >= 0.3 is 0 Å². The van der Waals surface area contributed by atoms with E-state index in [-0.39, 0.29) is 17.5 Å². The third-order valence-corrected chi connectivity index (χ3v) is 3.96. The van der Waals surface area contributed by atoms with Crippen molar-refractivity contribution in [2.45, 2.75) is 25.5 Å². The number of aliphatic hydroxyl groups excluding tert-OH is 1. The number of halogens is 2. The minimum absolute atomic E-state index is 0.227. The minimum Gasteiger partial charge on any atom is -0.388 e. The summed E-state index contributed by atoms with van der Waals surface area (Å²) in [6.07, 6.45) is -0.240. The molecule has 0 saturated carbocycles. The molecule has 2 unspecified atom stereocenters. The fourth-order valence-corrected chi connectivity index (χ4v) is 2.78. The van der Waals surface area contributed by atoms with E-state index < -0.39 is 6.10 Å². The Kier molecular flexibility index (Phi) is 5.83. The molecule has 0 aromatic heterocycles. The van der Waals surface area contributed by atoms with E-state index in [2.05, 4.69) is 5.32 Å². The van der Waals surface area contributed by atoms with Gasteiger partial charge in [-0.25, -0.2) is 0 Å². The van der Waals surface area contributed by atoms with Crippen molar-refractivity contribution in [2.24, 2.45) is 0 Å². The molecule has 0 heterocycles. The van der Waals surface area contributed by atoms with Gasteiger partial charge in [0.1, 0.15) is 0 Å². The van der Waals surface area contributed by atoms with E-state index in [9.17, 15) is 9.90 Å². The highest BCUT2D eigenvalue weighted by atomic mass is 35.5. The van der Waals surface area contributed by atoms with Gasteiger partial charge in [-0.1, -0.05) is 59.6 Å². The molecule has 2 aromatic rings. The molecular weight excluding hydrogens is 321 g/mol. The Labute approximate surface area is 139 Å². The molecule has 0 bridgehead atoms. The lowest BCUT2D eigenvalue weighted by atomic mass is 10.0. The second-order valence-electron chi connectivity index (χ2n) is 5.13. The predicted molar refractivity (Wildman–Crippen MR) is 89.4 cm³/mol. The number of nitrogens with one attached hydrogen (secondary N) is 1. The molecule has 0 aliphatic heterocycles. The molecule has 0 saturated heterocycles. The first-order valence-electron chi connectivity index (χ1n) is 6.97. The molecule has 22 heavy (non-hydrogen) atoms. The Morgan fingerprint density at radius 2 is 1.68 bits per heavy atom. The summed E-state index contributed by atoms with van der Waals surface area (Å²) in [7, 11) is 0. The van der Waals surface area contributed by atoms with Crippen LogP contribution >= 0.6 is 23.2 Å². The van der Waals surface area contributed by atoms with Crippen LogP contribution in [0.5, 0.6) is 0 Å². The number of carbonyl (C=O) groups is 1. The zero-order valence-corrected chi connectivity index (χ0v) is 13.6. The molecule has 2 atom stereocenters. The highest BCUT2D eigenvalue weighted by Gasteiger charge is 2.18. The molecule has 116 valence electrons. The van der Waals surface area contributed by atoms with E-state index in [0.717, 1.165) is 5.56 Å². The molecule has 0 spiro atoms. The summed E-state index contributed by atoms with van der Waals surface area (Å²) in [4.78, 5) is 12.3. The molecule has 2 aromatic carbocycles. The maximum atomic E-state index is 12.3. The number of carbonyl (C=O) groups excluding carboxylic acids is 1. The first kappa shape index (κ1) is 16.8. The summed E-state index contributed by atoms with van der Waals surface area (Å²) in [6.45, 7) is 1.83. The molecule has 0 aliphatic carbocycles. The zero-order valence-electron chi connectivity index (χ0n) is 12.1. The van der Waals surface area contributed by atoms with Crippen LogP contribution in [0.3, 0.4) is 0 Å². The number of rotatable bonds is 5. The van der Waals surface area contributed by atoms with Crippen molar-refractivity contribution < 1.29 is 9.90 Å². The fourth-order valence-electron chi connectivity index (χ4n) is 2.22. The third kappa shape index (κ3) is 4.23. The third-order valence-electron chi connectivity index (χ3n) is 3.33. The molecule has 0 fully saturated rings. The minimum atomic E-state index is -0.641. The van der Waals surface area contributed by atoms with Gasteiger partial charge in [-0.3, -0.25) is 4.79 Å². The van der Waals surface area contributed by atoms with Crippen LogP contribution in [-0.4, -0.2) is 17.1 Å². The average molecular weight is 338 g/mol. The molecule has 3 nitrogen and oxygen atoms in total. The Morgan fingerprint density at radius 1 is 1.09 bits per heavy atom. The molecule has 5 heteroatoms. The second kappa shape index (κ2) is 7.63. The van der Waals surface area contributed by atoms with Crippen molar-refractivity contribution in [2.75, 3.05) is 0 Å². The summed E-state index contributed by atoms with van der Waals surface area (Å²) >= 11 is 12.0. The summed E-state index contributed by atoms with van der Waals surface area (Å²) < 4.78 is 0. The quantitative estimate of drug-likeness (QED) is 0.857. The van der Waals surface area contributed by atoms with Gasteiger partial charge in [-0.15, -0.1) is 0 Å². The van der Waals surface area contributed by atoms with Crippen molar-refractivity contribution in [1.29, 1.82) is 0 Å². The van der Waals surface area contributed by atoms with E-state index in [0.29, 0.717) is 16.5 Å². The monoisotopic (exact) mass is 337 g/mol. The smallest absolute Gasteiger partial charge is 0.254 e. The van der Waals surface area contributed by atoms with E-state index in [1.807, 2.05) is 37.3 Å². The Hall–Kier alpha value is -1.55. The lowest BCUT2D eigenvalue weighted by Gasteiger charge is -2.19. The molecule has 2 N–H and O–H groups in total. The van der Waals surface area contributed by atoms with Crippen molar-refractivity contribution in [3.8, 4) is 0 Å². The Bertz CT molecular complexity index is 626. The SMILES string of the molecule is CC(CC(O)c1ccccc1)NC(=O)c1c(Cl)cccc1Cl. The van der Waals surface area contributed by atoms with E-state index in [1.165, 1.54) is 0 Å². The van der Waals surface area contributed by atoms with Crippen LogP contribution in [0.15, 0.2) is 48.5 Å². The molecule has 0 radical (unpaired) electrons. The maximum Gasteiger partial charge on any atom is 0.254 e. The van der Waals surface area contributed by atoms with Gasteiger partial charge in [0.05, 0.1) is 21.7 Å². The number of benzene rings is 2. The van der Waals surface area contributed by atoms with Crippen molar-refractivity contribution >= 4 is 29.1 Å². The number of aliphatic hydroxyl groups is 1. The topological polar surface area (TPSA) is 49.3 Å². The van der Waals surface area contributed by atoms with Crippen molar-refractivity contribution in [3.63, 3.8) is 0 Å². The van der Waals surface area contributed by atoms with Crippen LogP contribution in [0, 0.1) is 0 Å². The molecule has 0 aliphatic rings. The number of hydrogen-bond donors (Lipinski definition) is 2. The second-order valence-corrected chi connectivity index (χ2v) is 5.95. The summed E-state index contributed by atoms with van der Waals surface area (Å²) in [6, 6.07) is 14.0. The van der Waals surface area contributed by atoms with Crippen LogP contribution in [0.2, 0.25) is 10.0 Å². The van der Waals surface area contributed by atoms with Gasteiger partial charge in [-0.05, 0) is 31.0 Å². The largest absolute Gasteiger partial charge is 0.388 e. The fraction of sp³-hybridized carbons (Fsp3) is 0.235. The van der Waals surface area contributed by atoms with Crippen LogP contribution < -0.4 is 5.32 Å². The predicted octanol–water partition coefficient (Wildman–Crippen LogP) is 4.24. The number of hydrogen-bond acceptors (Lipinski definition) is 2. The van der Waals surface area contributed by atoms with Gasteiger partial charge < -0.3 is 10.4 Å². The normalized spacial score (nSPS) is 13.5. The van der Waals surface area contributed by atoms with Crippen LogP contribution in [0.1, 0.15) is 35.4 Å². The summed E-state index contributed by atoms with van der Waals surface area (Å²) in [5, 5.41) is 13.6.